The van der Waals surface area contributed by atoms with Crippen LogP contribution in [-0.4, -0.2) is 21.4 Å². The zero-order valence-electron chi connectivity index (χ0n) is 10.7. The van der Waals surface area contributed by atoms with Gasteiger partial charge in [0.25, 0.3) is 5.91 Å². The number of carbonyl (C=O) groups is 2. The van der Waals surface area contributed by atoms with Gasteiger partial charge in [-0.2, -0.15) is 0 Å². The van der Waals surface area contributed by atoms with Gasteiger partial charge >= 0.3 is 0 Å². The minimum atomic E-state index is -0.409. The molecule has 21 heavy (non-hydrogen) atoms. The van der Waals surface area contributed by atoms with E-state index < -0.39 is 4.83 Å². The number of alkyl halides is 1. The Morgan fingerprint density at radius 3 is 2.76 bits per heavy atom. The van der Waals surface area contributed by atoms with Crippen molar-refractivity contribution in [2.75, 3.05) is 0 Å². The van der Waals surface area contributed by atoms with Gasteiger partial charge in [-0.05, 0) is 27.6 Å². The van der Waals surface area contributed by atoms with Crippen molar-refractivity contribution in [3.05, 3.63) is 55.7 Å². The van der Waals surface area contributed by atoms with Crippen LogP contribution in [0.15, 0.2) is 33.4 Å². The summed E-state index contributed by atoms with van der Waals surface area (Å²) >= 11 is 8.52. The molecular formula is C15H9Br2NO2S. The van der Waals surface area contributed by atoms with Crippen LogP contribution in [0.4, 0.5) is 0 Å². The summed E-state index contributed by atoms with van der Waals surface area (Å²) in [5.74, 6) is 0.0442. The minimum Gasteiger partial charge on any atom is -0.326 e. The quantitative estimate of drug-likeness (QED) is 0.593. The standard InChI is InChI=1S/C15H9Br2NO2S/c16-11-12-7-3-1-2-4-8(7)15(20)18(12)5-9-10(13(11)19)6-21-14(9)17/h1-4,6,11-12H,5H2/t11-,12+/m0/s1. The molecular weight excluding hydrogens is 418 g/mol. The topological polar surface area (TPSA) is 37.4 Å². The van der Waals surface area contributed by atoms with Crippen molar-refractivity contribution >= 4 is 54.9 Å². The molecule has 3 heterocycles. The molecule has 2 aliphatic heterocycles. The van der Waals surface area contributed by atoms with Gasteiger partial charge in [0.2, 0.25) is 0 Å². The zero-order valence-corrected chi connectivity index (χ0v) is 14.7. The van der Waals surface area contributed by atoms with Crippen molar-refractivity contribution in [1.29, 1.82) is 0 Å². The number of rotatable bonds is 0. The number of halogens is 2. The molecule has 0 spiro atoms. The molecule has 2 atom stereocenters. The van der Waals surface area contributed by atoms with E-state index in [9.17, 15) is 9.59 Å². The third-order valence-electron chi connectivity index (χ3n) is 4.07. The van der Waals surface area contributed by atoms with E-state index in [0.717, 1.165) is 14.9 Å². The number of nitrogens with zero attached hydrogens (tertiary/aromatic N) is 1. The van der Waals surface area contributed by atoms with Gasteiger partial charge in [-0.1, -0.05) is 34.1 Å². The molecule has 4 rings (SSSR count). The number of benzene rings is 1. The zero-order chi connectivity index (χ0) is 14.7. The van der Waals surface area contributed by atoms with E-state index in [1.165, 1.54) is 11.3 Å². The summed E-state index contributed by atoms with van der Waals surface area (Å²) in [6.07, 6.45) is 0. The van der Waals surface area contributed by atoms with E-state index >= 15 is 0 Å². The molecule has 3 nitrogen and oxygen atoms in total. The number of ketones is 1. The van der Waals surface area contributed by atoms with E-state index in [2.05, 4.69) is 31.9 Å². The summed E-state index contributed by atoms with van der Waals surface area (Å²) in [6, 6.07) is 7.31. The first kappa shape index (κ1) is 13.7. The fraction of sp³-hybridized carbons (Fsp3) is 0.200. The smallest absolute Gasteiger partial charge is 0.255 e. The van der Waals surface area contributed by atoms with Gasteiger partial charge < -0.3 is 4.90 Å². The lowest BCUT2D eigenvalue weighted by Gasteiger charge is -2.25. The summed E-state index contributed by atoms with van der Waals surface area (Å²) in [4.78, 5) is 26.8. The van der Waals surface area contributed by atoms with Gasteiger partial charge in [0.1, 0.15) is 4.83 Å². The highest BCUT2D eigenvalue weighted by molar-refractivity contribution is 9.11. The molecule has 1 aromatic carbocycles. The second-order valence-corrected chi connectivity index (χ2v) is 8.32. The monoisotopic (exact) mass is 425 g/mol. The fourth-order valence-corrected chi connectivity index (χ4v) is 5.29. The van der Waals surface area contributed by atoms with Crippen molar-refractivity contribution in [3.8, 4) is 0 Å². The minimum absolute atomic E-state index is 0.00111. The van der Waals surface area contributed by atoms with E-state index in [1.54, 1.807) is 4.90 Å². The average molecular weight is 427 g/mol. The van der Waals surface area contributed by atoms with Crippen LogP contribution in [0.5, 0.6) is 0 Å². The summed E-state index contributed by atoms with van der Waals surface area (Å²) in [7, 11) is 0. The normalized spacial score (nSPS) is 23.6. The lowest BCUT2D eigenvalue weighted by molar-refractivity contribution is 0.0707. The van der Waals surface area contributed by atoms with Gasteiger partial charge in [0, 0.05) is 28.6 Å². The largest absolute Gasteiger partial charge is 0.326 e. The van der Waals surface area contributed by atoms with Crippen LogP contribution in [0.3, 0.4) is 0 Å². The molecule has 0 aliphatic carbocycles. The number of Topliss-reactive ketones (excluding diaryl/α,β-unsaturated/α-hetero) is 1. The first-order valence-corrected chi connectivity index (χ1v) is 9.02. The van der Waals surface area contributed by atoms with Gasteiger partial charge in [-0.25, -0.2) is 0 Å². The van der Waals surface area contributed by atoms with Crippen molar-refractivity contribution in [2.45, 2.75) is 17.4 Å². The molecule has 106 valence electrons. The van der Waals surface area contributed by atoms with Crippen LogP contribution in [-0.2, 0) is 6.54 Å². The van der Waals surface area contributed by atoms with Crippen LogP contribution in [0.2, 0.25) is 0 Å². The molecule has 0 radical (unpaired) electrons. The lowest BCUT2D eigenvalue weighted by atomic mass is 9.98. The van der Waals surface area contributed by atoms with Crippen molar-refractivity contribution in [2.24, 2.45) is 0 Å². The van der Waals surface area contributed by atoms with Crippen molar-refractivity contribution in [1.82, 2.24) is 4.90 Å². The highest BCUT2D eigenvalue weighted by atomic mass is 79.9. The van der Waals surface area contributed by atoms with Crippen LogP contribution < -0.4 is 0 Å². The molecule has 0 N–H and O–H groups in total. The maximum atomic E-state index is 12.7. The second-order valence-electron chi connectivity index (χ2n) is 5.13. The van der Waals surface area contributed by atoms with E-state index in [4.69, 9.17) is 0 Å². The molecule has 0 bridgehead atoms. The van der Waals surface area contributed by atoms with Crippen LogP contribution in [0.25, 0.3) is 0 Å². The molecule has 1 aromatic heterocycles. The average Bonchev–Trinajstić information content (AvgIpc) is 2.95. The SMILES string of the molecule is O=C1c2csc(Br)c2CN2C(=O)c3ccccc3[C@@H]2[C@@H]1Br. The third kappa shape index (κ3) is 1.82. The van der Waals surface area contributed by atoms with E-state index in [0.29, 0.717) is 17.7 Å². The number of amides is 1. The molecule has 2 aliphatic rings. The van der Waals surface area contributed by atoms with Gasteiger partial charge in [-0.3, -0.25) is 9.59 Å². The molecule has 6 heteroatoms. The Kier molecular flexibility index (Phi) is 3.10. The summed E-state index contributed by atoms with van der Waals surface area (Å²) in [5, 5.41) is 1.87. The van der Waals surface area contributed by atoms with Crippen molar-refractivity contribution < 1.29 is 9.59 Å². The Morgan fingerprint density at radius 2 is 1.95 bits per heavy atom. The summed E-state index contributed by atoms with van der Waals surface area (Å²) in [6.45, 7) is 0.464. The Morgan fingerprint density at radius 1 is 1.19 bits per heavy atom. The number of hydrogen-bond acceptors (Lipinski definition) is 3. The molecule has 0 saturated heterocycles. The maximum absolute atomic E-state index is 12.7. The Hall–Kier alpha value is -0.980. The Labute approximate surface area is 142 Å². The first-order chi connectivity index (χ1) is 10.1. The third-order valence-corrected chi connectivity index (χ3v) is 6.83. The predicted molar refractivity (Wildman–Crippen MR) is 88.1 cm³/mol. The van der Waals surface area contributed by atoms with Gasteiger partial charge in [-0.15, -0.1) is 11.3 Å². The summed E-state index contributed by atoms with van der Waals surface area (Å²) < 4.78 is 0.926. The summed E-state index contributed by atoms with van der Waals surface area (Å²) in [5.41, 5.74) is 3.27. The number of thiophene rings is 1. The molecule has 0 unspecified atom stereocenters. The van der Waals surface area contributed by atoms with E-state index in [-0.39, 0.29) is 17.7 Å². The van der Waals surface area contributed by atoms with E-state index in [1.807, 2.05) is 29.6 Å². The fourth-order valence-electron chi connectivity index (χ4n) is 3.06. The molecule has 0 fully saturated rings. The van der Waals surface area contributed by atoms with Crippen LogP contribution >= 0.6 is 43.2 Å². The second kappa shape index (κ2) is 4.76. The highest BCUT2D eigenvalue weighted by Crippen LogP contribution is 2.45. The molecule has 0 saturated carbocycles. The predicted octanol–water partition coefficient (Wildman–Crippen LogP) is 4.17. The number of hydrogen-bond donors (Lipinski definition) is 0. The highest BCUT2D eigenvalue weighted by Gasteiger charge is 2.46. The van der Waals surface area contributed by atoms with Crippen LogP contribution in [0.1, 0.15) is 37.9 Å². The number of carbonyl (C=O) groups excluding carboxylic acids is 2. The molecule has 1 amide bonds. The Bertz CT molecular complexity index is 786. The van der Waals surface area contributed by atoms with Crippen molar-refractivity contribution in [3.63, 3.8) is 0 Å². The lowest BCUT2D eigenvalue weighted by Crippen LogP contribution is -2.32. The Balaban J connectivity index is 1.92. The first-order valence-electron chi connectivity index (χ1n) is 6.43. The van der Waals surface area contributed by atoms with Gasteiger partial charge in [0.05, 0.1) is 9.83 Å². The number of fused-ring (bicyclic) bond motifs is 4. The van der Waals surface area contributed by atoms with Crippen LogP contribution in [0, 0.1) is 0 Å². The molecule has 2 aromatic rings. The van der Waals surface area contributed by atoms with Gasteiger partial charge in [0.15, 0.2) is 5.78 Å². The maximum Gasteiger partial charge on any atom is 0.255 e.